The van der Waals surface area contributed by atoms with Gasteiger partial charge in [0.2, 0.25) is 0 Å². The second-order valence-electron chi connectivity index (χ2n) is 7.52. The Labute approximate surface area is 166 Å². The molecule has 0 amide bonds. The summed E-state index contributed by atoms with van der Waals surface area (Å²) in [5.74, 6) is -1.92. The average Bonchev–Trinajstić information content (AvgIpc) is 2.70. The molecule has 0 aliphatic heterocycles. The number of aryl methyl sites for hydroxylation is 3. The van der Waals surface area contributed by atoms with Crippen LogP contribution in [0.5, 0.6) is 5.75 Å². The molecule has 0 saturated heterocycles. The van der Waals surface area contributed by atoms with Gasteiger partial charge < -0.3 is 10.2 Å². The van der Waals surface area contributed by atoms with Crippen molar-refractivity contribution in [3.8, 4) is 16.9 Å². The summed E-state index contributed by atoms with van der Waals surface area (Å²) in [5.41, 5.74) is 4.49. The van der Waals surface area contributed by atoms with E-state index < -0.39 is 5.97 Å². The molecule has 0 spiro atoms. The van der Waals surface area contributed by atoms with Gasteiger partial charge in [0.25, 0.3) is 0 Å². The first-order valence-corrected chi connectivity index (χ1v) is 9.33. The maximum atomic E-state index is 13.1. The van der Waals surface area contributed by atoms with Crippen molar-refractivity contribution >= 4 is 17.5 Å². The van der Waals surface area contributed by atoms with Crippen LogP contribution in [0.3, 0.4) is 0 Å². The molecule has 0 radical (unpaired) electrons. The molecular weight excluding hydrogens is 368 g/mol. The van der Waals surface area contributed by atoms with E-state index in [1.165, 1.54) is 0 Å². The summed E-state index contributed by atoms with van der Waals surface area (Å²) in [6.07, 6.45) is 1.26. The molecule has 2 aliphatic rings. The first kappa shape index (κ1) is 17.4. The van der Waals surface area contributed by atoms with Crippen LogP contribution in [0.2, 0.25) is 0 Å². The summed E-state index contributed by atoms with van der Waals surface area (Å²) in [4.78, 5) is 37.7. The molecule has 0 heterocycles. The van der Waals surface area contributed by atoms with Gasteiger partial charge >= 0.3 is 5.97 Å². The quantitative estimate of drug-likeness (QED) is 0.519. The lowest BCUT2D eigenvalue weighted by atomic mass is 9.77. The van der Waals surface area contributed by atoms with Crippen LogP contribution in [-0.2, 0) is 12.8 Å². The Hall–Kier alpha value is -3.73. The van der Waals surface area contributed by atoms with Crippen LogP contribution in [0.15, 0.2) is 42.5 Å². The zero-order chi connectivity index (χ0) is 20.4. The number of hydrogen-bond acceptors (Lipinski definition) is 4. The molecule has 5 rings (SSSR count). The van der Waals surface area contributed by atoms with E-state index >= 15 is 0 Å². The number of benzene rings is 3. The monoisotopic (exact) mass is 384 g/mol. The predicted octanol–water partition coefficient (Wildman–Crippen LogP) is 3.94. The molecule has 2 N–H and O–H groups in total. The van der Waals surface area contributed by atoms with E-state index in [2.05, 4.69) is 0 Å². The van der Waals surface area contributed by atoms with E-state index in [-0.39, 0.29) is 28.4 Å². The summed E-state index contributed by atoms with van der Waals surface area (Å²) in [6.45, 7) is 1.66. The minimum Gasteiger partial charge on any atom is -0.506 e. The third-order valence-corrected chi connectivity index (χ3v) is 5.88. The number of carboxylic acids is 1. The lowest BCUT2D eigenvalue weighted by Crippen LogP contribution is -2.22. The summed E-state index contributed by atoms with van der Waals surface area (Å²) >= 11 is 0. The molecule has 0 atom stereocenters. The number of carboxylic acid groups (broad SMARTS) is 1. The van der Waals surface area contributed by atoms with Gasteiger partial charge in [-0.05, 0) is 54.2 Å². The van der Waals surface area contributed by atoms with E-state index in [0.717, 1.165) is 11.1 Å². The Balaban J connectivity index is 1.79. The fourth-order valence-corrected chi connectivity index (χ4v) is 4.54. The topological polar surface area (TPSA) is 91.7 Å². The van der Waals surface area contributed by atoms with Crippen molar-refractivity contribution in [3.05, 3.63) is 87.0 Å². The van der Waals surface area contributed by atoms with Crippen LogP contribution in [-0.4, -0.2) is 27.7 Å². The van der Waals surface area contributed by atoms with E-state index in [0.29, 0.717) is 46.2 Å². The highest BCUT2D eigenvalue weighted by Crippen LogP contribution is 2.44. The number of ketones is 2. The van der Waals surface area contributed by atoms with E-state index in [9.17, 15) is 24.6 Å². The minimum atomic E-state index is -1.20. The molecule has 3 aromatic rings. The molecule has 0 fully saturated rings. The average molecular weight is 384 g/mol. The van der Waals surface area contributed by atoms with Crippen LogP contribution < -0.4 is 0 Å². The lowest BCUT2D eigenvalue weighted by Gasteiger charge is -2.26. The summed E-state index contributed by atoms with van der Waals surface area (Å²) in [6, 6.07) is 11.9. The number of aromatic carboxylic acids is 1. The molecule has 2 aliphatic carbocycles. The molecule has 3 aromatic carbocycles. The van der Waals surface area contributed by atoms with Crippen molar-refractivity contribution in [2.75, 3.05) is 0 Å². The predicted molar refractivity (Wildman–Crippen MR) is 106 cm³/mol. The van der Waals surface area contributed by atoms with E-state index in [1.807, 2.05) is 0 Å². The number of carbonyl (C=O) groups excluding carboxylic acids is 2. The zero-order valence-corrected chi connectivity index (χ0v) is 15.6. The fourth-order valence-electron chi connectivity index (χ4n) is 4.54. The second kappa shape index (κ2) is 5.88. The molecule has 142 valence electrons. The van der Waals surface area contributed by atoms with Crippen molar-refractivity contribution in [2.45, 2.75) is 19.8 Å². The Morgan fingerprint density at radius 3 is 2.03 bits per heavy atom. The van der Waals surface area contributed by atoms with E-state index in [4.69, 9.17) is 0 Å². The van der Waals surface area contributed by atoms with Crippen molar-refractivity contribution in [3.63, 3.8) is 0 Å². The van der Waals surface area contributed by atoms with Crippen LogP contribution in [0.1, 0.15) is 58.9 Å². The molecule has 5 heteroatoms. The van der Waals surface area contributed by atoms with Gasteiger partial charge in [0.15, 0.2) is 11.6 Å². The highest BCUT2D eigenvalue weighted by Gasteiger charge is 2.33. The number of rotatable bonds is 1. The highest BCUT2D eigenvalue weighted by atomic mass is 16.4. The standard InChI is InChI=1S/C24H16O5/c1-11-8-13-7-6-12-9-17-18(10-16(12)20(13)23(27)19(11)24(28)29)22(26)15-5-3-2-4-14(15)21(17)25/h2-5,8-10,27H,6-7H2,1H3,(H,28,29). The Morgan fingerprint density at radius 2 is 1.41 bits per heavy atom. The Morgan fingerprint density at radius 1 is 0.828 bits per heavy atom. The number of hydrogen-bond donors (Lipinski definition) is 2. The van der Waals surface area contributed by atoms with E-state index in [1.54, 1.807) is 49.4 Å². The van der Waals surface area contributed by atoms with Gasteiger partial charge in [-0.3, -0.25) is 9.59 Å². The van der Waals surface area contributed by atoms with Gasteiger partial charge in [0, 0.05) is 27.8 Å². The number of fused-ring (bicyclic) bond motifs is 5. The minimum absolute atomic E-state index is 0.137. The SMILES string of the molecule is Cc1cc2c(c(O)c1C(=O)O)-c1cc3c(cc1CC2)C(=O)c1ccccc1C3=O. The largest absolute Gasteiger partial charge is 0.506 e. The summed E-state index contributed by atoms with van der Waals surface area (Å²) < 4.78 is 0. The lowest BCUT2D eigenvalue weighted by molar-refractivity contribution is 0.0692. The third kappa shape index (κ3) is 2.30. The molecule has 0 unspecified atom stereocenters. The highest BCUT2D eigenvalue weighted by molar-refractivity contribution is 6.28. The molecule has 29 heavy (non-hydrogen) atoms. The molecule has 0 aromatic heterocycles. The van der Waals surface area contributed by atoms with Gasteiger partial charge in [-0.1, -0.05) is 30.3 Å². The summed E-state index contributed by atoms with van der Waals surface area (Å²) in [5, 5.41) is 20.3. The van der Waals surface area contributed by atoms with Crippen LogP contribution in [0.25, 0.3) is 11.1 Å². The van der Waals surface area contributed by atoms with Crippen LogP contribution in [0.4, 0.5) is 0 Å². The molecular formula is C24H16O5. The normalized spacial score (nSPS) is 14.0. The molecule has 5 nitrogen and oxygen atoms in total. The van der Waals surface area contributed by atoms with Gasteiger partial charge in [-0.2, -0.15) is 0 Å². The third-order valence-electron chi connectivity index (χ3n) is 5.88. The zero-order valence-electron chi connectivity index (χ0n) is 15.6. The molecule has 0 saturated carbocycles. The van der Waals surface area contributed by atoms with Crippen molar-refractivity contribution in [1.29, 1.82) is 0 Å². The maximum absolute atomic E-state index is 13.1. The molecule has 0 bridgehead atoms. The number of phenols is 1. The maximum Gasteiger partial charge on any atom is 0.339 e. The van der Waals surface area contributed by atoms with Gasteiger partial charge in [0.1, 0.15) is 11.3 Å². The Kier molecular flexibility index (Phi) is 3.52. The van der Waals surface area contributed by atoms with Gasteiger partial charge in [-0.25, -0.2) is 4.79 Å². The van der Waals surface area contributed by atoms with Gasteiger partial charge in [0.05, 0.1) is 0 Å². The fraction of sp³-hybridized carbons (Fsp3) is 0.125. The van der Waals surface area contributed by atoms with Crippen molar-refractivity contribution in [1.82, 2.24) is 0 Å². The first-order chi connectivity index (χ1) is 13.9. The van der Waals surface area contributed by atoms with Crippen molar-refractivity contribution < 1.29 is 24.6 Å². The Bertz CT molecular complexity index is 1280. The van der Waals surface area contributed by atoms with Crippen LogP contribution >= 0.6 is 0 Å². The van der Waals surface area contributed by atoms with Gasteiger partial charge in [-0.15, -0.1) is 0 Å². The first-order valence-electron chi connectivity index (χ1n) is 9.33. The van der Waals surface area contributed by atoms with Crippen LogP contribution in [0, 0.1) is 6.92 Å². The van der Waals surface area contributed by atoms with Crippen molar-refractivity contribution in [2.24, 2.45) is 0 Å². The second-order valence-corrected chi connectivity index (χ2v) is 7.52. The smallest absolute Gasteiger partial charge is 0.339 e. The number of carbonyl (C=O) groups is 3. The summed E-state index contributed by atoms with van der Waals surface area (Å²) in [7, 11) is 0. The number of aromatic hydroxyl groups is 1.